The molecule has 0 aliphatic heterocycles. The minimum absolute atomic E-state index is 0.0854. The molecule has 0 spiro atoms. The first-order valence-electron chi connectivity index (χ1n) is 19.3. The highest BCUT2D eigenvalue weighted by molar-refractivity contribution is 7.47. The molecule has 3 atom stereocenters. The first-order valence-corrected chi connectivity index (χ1v) is 20.8. The van der Waals surface area contributed by atoms with Gasteiger partial charge in [0, 0.05) is 13.0 Å². The number of ether oxygens (including phenoxy) is 2. The van der Waals surface area contributed by atoms with Crippen molar-refractivity contribution in [2.45, 2.75) is 167 Å². The van der Waals surface area contributed by atoms with Crippen molar-refractivity contribution in [3.8, 4) is 0 Å². The number of rotatable bonds is 36. The molecule has 0 aliphatic carbocycles. The number of allylic oxidation sites excluding steroid dienone is 6. The lowest BCUT2D eigenvalue weighted by molar-refractivity contribution is -0.147. The van der Waals surface area contributed by atoms with Gasteiger partial charge in [0.15, 0.2) is 6.10 Å². The van der Waals surface area contributed by atoms with Crippen LogP contribution in [-0.2, 0) is 27.9 Å². The number of esters is 1. The van der Waals surface area contributed by atoms with Crippen LogP contribution in [0.4, 0.5) is 0 Å². The maximum absolute atomic E-state index is 12.4. The topological polar surface area (TPSA) is 138 Å². The van der Waals surface area contributed by atoms with Crippen LogP contribution in [0.1, 0.15) is 155 Å². The number of unbranched alkanes of at least 4 members (excludes halogenated alkanes) is 16. The third-order valence-corrected chi connectivity index (χ3v) is 8.94. The van der Waals surface area contributed by atoms with E-state index in [0.29, 0.717) is 6.42 Å². The predicted octanol–water partition coefficient (Wildman–Crippen LogP) is 10.2. The molecule has 10 heteroatoms. The Hall–Kier alpha value is -1.74. The van der Waals surface area contributed by atoms with Crippen LogP contribution >= 0.6 is 7.82 Å². The van der Waals surface area contributed by atoms with Gasteiger partial charge in [0.1, 0.15) is 6.61 Å². The standard InChI is InChI=1S/C39H72NO8P/c1-3-5-7-9-11-12-13-14-15-16-17-19-24-28-33-45-38(36-48-49(43,44)47-34-32-40)35-46-39(42)31-27-23-20-22-26-30-37(41)29-25-21-18-10-8-6-4-2/h6,8,18,21,25,28-29,33,37-38,41H,3-5,7,9-17,19-20,22-24,26-27,30-32,34-36,40H2,1-2H3,(H,43,44)/b8-6+,21-18+,29-25+,33-28+/t37?,38-/m1/s1. The summed E-state index contributed by atoms with van der Waals surface area (Å²) in [6.07, 6.45) is 38.2. The number of phosphoric ester groups is 1. The van der Waals surface area contributed by atoms with Gasteiger partial charge in [-0.2, -0.15) is 0 Å². The van der Waals surface area contributed by atoms with E-state index in [4.69, 9.17) is 24.3 Å². The molecular formula is C39H72NO8P. The molecular weight excluding hydrogens is 641 g/mol. The van der Waals surface area contributed by atoms with Crippen molar-refractivity contribution in [1.82, 2.24) is 0 Å². The Bertz CT molecular complexity index is 907. The Balaban J connectivity index is 4.23. The molecule has 0 radical (unpaired) electrons. The lowest BCUT2D eigenvalue weighted by atomic mass is 10.0. The van der Waals surface area contributed by atoms with Crippen molar-refractivity contribution < 1.29 is 37.9 Å². The molecule has 0 heterocycles. The maximum atomic E-state index is 12.4. The smallest absolute Gasteiger partial charge is 0.472 e. The molecule has 9 nitrogen and oxygen atoms in total. The fourth-order valence-corrected chi connectivity index (χ4v) is 5.81. The molecule has 286 valence electrons. The van der Waals surface area contributed by atoms with Gasteiger partial charge in [0.25, 0.3) is 0 Å². The van der Waals surface area contributed by atoms with Crippen molar-refractivity contribution in [2.24, 2.45) is 5.73 Å². The zero-order valence-corrected chi connectivity index (χ0v) is 31.9. The van der Waals surface area contributed by atoms with Crippen LogP contribution in [0.3, 0.4) is 0 Å². The van der Waals surface area contributed by atoms with Gasteiger partial charge in [-0.3, -0.25) is 13.8 Å². The molecule has 0 saturated heterocycles. The van der Waals surface area contributed by atoms with Crippen molar-refractivity contribution in [3.05, 3.63) is 48.8 Å². The molecule has 0 fully saturated rings. The zero-order chi connectivity index (χ0) is 36.1. The third kappa shape index (κ3) is 35.9. The summed E-state index contributed by atoms with van der Waals surface area (Å²) in [7, 11) is -4.28. The quantitative estimate of drug-likeness (QED) is 0.0145. The minimum atomic E-state index is -4.28. The Labute approximate surface area is 299 Å². The van der Waals surface area contributed by atoms with E-state index in [1.807, 2.05) is 24.3 Å². The van der Waals surface area contributed by atoms with Gasteiger partial charge in [-0.05, 0) is 44.6 Å². The molecule has 0 aliphatic rings. The van der Waals surface area contributed by atoms with Crippen LogP contribution in [0.2, 0.25) is 0 Å². The van der Waals surface area contributed by atoms with Gasteiger partial charge in [-0.1, -0.05) is 147 Å². The van der Waals surface area contributed by atoms with E-state index in [9.17, 15) is 19.4 Å². The number of nitrogens with two attached hydrogens (primary N) is 1. The molecule has 4 N–H and O–H groups in total. The van der Waals surface area contributed by atoms with Crippen molar-refractivity contribution >= 4 is 13.8 Å². The summed E-state index contributed by atoms with van der Waals surface area (Å²) in [6.45, 7) is 3.96. The Morgan fingerprint density at radius 1 is 0.755 bits per heavy atom. The molecule has 0 amide bonds. The van der Waals surface area contributed by atoms with Crippen molar-refractivity contribution in [3.63, 3.8) is 0 Å². The van der Waals surface area contributed by atoms with Crippen molar-refractivity contribution in [2.75, 3.05) is 26.4 Å². The van der Waals surface area contributed by atoms with Gasteiger partial charge < -0.3 is 25.2 Å². The lowest BCUT2D eigenvalue weighted by Gasteiger charge is -2.19. The number of hydrogen-bond acceptors (Lipinski definition) is 8. The number of carbonyl (C=O) groups is 1. The number of carbonyl (C=O) groups excluding carboxylic acids is 1. The number of aliphatic hydroxyl groups is 1. The van der Waals surface area contributed by atoms with Crippen molar-refractivity contribution in [1.29, 1.82) is 0 Å². The zero-order valence-electron chi connectivity index (χ0n) is 31.0. The molecule has 0 bridgehead atoms. The van der Waals surface area contributed by atoms with E-state index in [1.165, 1.54) is 70.6 Å². The van der Waals surface area contributed by atoms with Crippen LogP contribution in [0, 0.1) is 0 Å². The Kier molecular flexibility index (Phi) is 34.8. The summed E-state index contributed by atoms with van der Waals surface area (Å²) >= 11 is 0. The molecule has 0 saturated carbocycles. The summed E-state index contributed by atoms with van der Waals surface area (Å²) in [4.78, 5) is 22.2. The van der Waals surface area contributed by atoms with Gasteiger partial charge in [-0.15, -0.1) is 0 Å². The summed E-state index contributed by atoms with van der Waals surface area (Å²) in [6, 6.07) is 0. The Morgan fingerprint density at radius 3 is 2.04 bits per heavy atom. The average molecular weight is 714 g/mol. The normalized spacial score (nSPS) is 14.7. The third-order valence-electron chi connectivity index (χ3n) is 7.95. The fourth-order valence-electron chi connectivity index (χ4n) is 5.05. The van der Waals surface area contributed by atoms with Gasteiger partial charge in [-0.25, -0.2) is 4.57 Å². The van der Waals surface area contributed by atoms with E-state index >= 15 is 0 Å². The summed E-state index contributed by atoms with van der Waals surface area (Å²) < 4.78 is 33.0. The molecule has 0 aromatic carbocycles. The van der Waals surface area contributed by atoms with E-state index in [0.717, 1.165) is 57.8 Å². The highest BCUT2D eigenvalue weighted by Crippen LogP contribution is 2.43. The molecule has 49 heavy (non-hydrogen) atoms. The fraction of sp³-hybridized carbons (Fsp3) is 0.769. The average Bonchev–Trinajstić information content (AvgIpc) is 3.09. The first-order chi connectivity index (χ1) is 23.8. The Morgan fingerprint density at radius 2 is 1.39 bits per heavy atom. The first kappa shape index (κ1) is 47.3. The maximum Gasteiger partial charge on any atom is 0.472 e. The van der Waals surface area contributed by atoms with Crippen LogP contribution in [0.25, 0.3) is 0 Å². The van der Waals surface area contributed by atoms with E-state index in [1.54, 1.807) is 6.26 Å². The van der Waals surface area contributed by atoms with Gasteiger partial charge in [0.05, 0.1) is 25.6 Å². The van der Waals surface area contributed by atoms with Gasteiger partial charge in [0.2, 0.25) is 0 Å². The summed E-state index contributed by atoms with van der Waals surface area (Å²) in [5.74, 6) is -0.348. The minimum Gasteiger partial charge on any atom is -0.492 e. The van der Waals surface area contributed by atoms with Crippen LogP contribution < -0.4 is 5.73 Å². The monoisotopic (exact) mass is 713 g/mol. The highest BCUT2D eigenvalue weighted by atomic mass is 31.2. The molecule has 0 rings (SSSR count). The summed E-state index contributed by atoms with van der Waals surface area (Å²) in [5.41, 5.74) is 5.34. The van der Waals surface area contributed by atoms with Crippen LogP contribution in [0.5, 0.6) is 0 Å². The second-order valence-corrected chi connectivity index (χ2v) is 14.1. The van der Waals surface area contributed by atoms with Crippen LogP contribution in [0.15, 0.2) is 48.8 Å². The second-order valence-electron chi connectivity index (χ2n) is 12.7. The molecule has 2 unspecified atom stereocenters. The van der Waals surface area contributed by atoms with E-state index in [2.05, 4.69) is 32.1 Å². The van der Waals surface area contributed by atoms with E-state index < -0.39 is 20.0 Å². The SMILES string of the molecule is CC/C=C/C/C=C/C=C/C(O)CCCCCCCC(=O)OC[C@H](COP(=O)(O)OCCN)O/C=C/CCCCCCCCCCCCCC. The van der Waals surface area contributed by atoms with Gasteiger partial charge >= 0.3 is 13.8 Å². The predicted molar refractivity (Wildman–Crippen MR) is 202 cm³/mol. The second kappa shape index (κ2) is 36.1. The largest absolute Gasteiger partial charge is 0.492 e. The van der Waals surface area contributed by atoms with E-state index in [-0.39, 0.29) is 38.8 Å². The van der Waals surface area contributed by atoms with Crippen LogP contribution in [-0.4, -0.2) is 54.5 Å². The number of hydrogen-bond donors (Lipinski definition) is 3. The number of aliphatic hydroxyl groups excluding tert-OH is 1. The lowest BCUT2D eigenvalue weighted by Crippen LogP contribution is -2.25. The molecule has 0 aromatic heterocycles. The summed E-state index contributed by atoms with van der Waals surface area (Å²) in [5, 5.41) is 10.1. The highest BCUT2D eigenvalue weighted by Gasteiger charge is 2.24. The molecule has 0 aromatic rings. The number of phosphoric acid groups is 1.